The molecule has 0 radical (unpaired) electrons. The first-order valence-electron chi connectivity index (χ1n) is 8.34. The molecule has 0 N–H and O–H groups in total. The van der Waals surface area contributed by atoms with E-state index in [0.717, 1.165) is 16.4 Å². The molecule has 0 amide bonds. The maximum absolute atomic E-state index is 5.01. The zero-order chi connectivity index (χ0) is 17.7. The lowest BCUT2D eigenvalue weighted by molar-refractivity contribution is 0.560. The van der Waals surface area contributed by atoms with Gasteiger partial charge in [0.25, 0.3) is 0 Å². The van der Waals surface area contributed by atoms with E-state index in [4.69, 9.17) is 4.98 Å². The molecule has 0 bridgehead atoms. The molecule has 1 aliphatic carbocycles. The number of fused-ring (bicyclic) bond motifs is 1. The second-order valence-corrected chi connectivity index (χ2v) is 8.81. The molecule has 126 valence electrons. The minimum Gasteiger partial charge on any atom is -0.321 e. The average Bonchev–Trinajstić information content (AvgIpc) is 2.99. The van der Waals surface area contributed by atoms with Crippen molar-refractivity contribution in [1.29, 1.82) is 0 Å². The van der Waals surface area contributed by atoms with Gasteiger partial charge in [-0.25, -0.2) is 4.98 Å². The van der Waals surface area contributed by atoms with Crippen LogP contribution in [0.3, 0.4) is 0 Å². The van der Waals surface area contributed by atoms with E-state index in [-0.39, 0.29) is 10.8 Å². The van der Waals surface area contributed by atoms with E-state index in [2.05, 4.69) is 82.6 Å². The third kappa shape index (κ3) is 2.82. The Hall–Kier alpha value is -1.87. The molecule has 0 fully saturated rings. The zero-order valence-corrected chi connectivity index (χ0v) is 16.3. The van der Waals surface area contributed by atoms with Gasteiger partial charge >= 0.3 is 0 Å². The van der Waals surface area contributed by atoms with E-state index in [1.807, 2.05) is 6.92 Å². The molecule has 0 aliphatic heterocycles. The van der Waals surface area contributed by atoms with Crippen molar-refractivity contribution >= 4 is 27.7 Å². The standard InChI is InChI=1S/C21H26N2S/c1-14(2)15-8-10-16(11-9-15)23(7)19-22-17-18(24-19)21(5,6)13-12-20(17,3)4/h8-13H,1H2,2-7H3. The van der Waals surface area contributed by atoms with Crippen molar-refractivity contribution in [3.05, 3.63) is 59.1 Å². The molecule has 0 saturated heterocycles. The lowest BCUT2D eigenvalue weighted by Crippen LogP contribution is -2.27. The molecule has 3 rings (SSSR count). The average molecular weight is 339 g/mol. The summed E-state index contributed by atoms with van der Waals surface area (Å²) in [7, 11) is 2.09. The number of hydrogen-bond donors (Lipinski definition) is 0. The van der Waals surface area contributed by atoms with Crippen LogP contribution in [-0.2, 0) is 10.8 Å². The molecular formula is C21H26N2S. The van der Waals surface area contributed by atoms with Crippen LogP contribution in [0.25, 0.3) is 5.57 Å². The molecule has 1 aliphatic rings. The van der Waals surface area contributed by atoms with Gasteiger partial charge in [0, 0.05) is 28.4 Å². The lowest BCUT2D eigenvalue weighted by atomic mass is 9.75. The fraction of sp³-hybridized carbons (Fsp3) is 0.381. The van der Waals surface area contributed by atoms with Crippen LogP contribution in [0.2, 0.25) is 0 Å². The highest BCUT2D eigenvalue weighted by Gasteiger charge is 2.37. The zero-order valence-electron chi connectivity index (χ0n) is 15.5. The van der Waals surface area contributed by atoms with E-state index < -0.39 is 0 Å². The summed E-state index contributed by atoms with van der Waals surface area (Å²) < 4.78 is 0. The Bertz CT molecular complexity index is 771. The van der Waals surface area contributed by atoms with E-state index in [1.165, 1.54) is 16.1 Å². The van der Waals surface area contributed by atoms with Gasteiger partial charge in [-0.1, -0.05) is 64.1 Å². The van der Waals surface area contributed by atoms with Crippen molar-refractivity contribution in [2.75, 3.05) is 11.9 Å². The Balaban J connectivity index is 1.99. The number of thiazole rings is 1. The van der Waals surface area contributed by atoms with E-state index in [9.17, 15) is 0 Å². The van der Waals surface area contributed by atoms with Crippen molar-refractivity contribution in [3.8, 4) is 0 Å². The minimum absolute atomic E-state index is 0.00967. The van der Waals surface area contributed by atoms with Gasteiger partial charge in [0.2, 0.25) is 0 Å². The number of aromatic nitrogens is 1. The van der Waals surface area contributed by atoms with Crippen LogP contribution in [0, 0.1) is 0 Å². The van der Waals surface area contributed by atoms with Crippen molar-refractivity contribution < 1.29 is 0 Å². The van der Waals surface area contributed by atoms with Gasteiger partial charge in [-0.15, -0.1) is 11.3 Å². The molecular weight excluding hydrogens is 312 g/mol. The molecule has 0 atom stereocenters. The largest absolute Gasteiger partial charge is 0.321 e. The summed E-state index contributed by atoms with van der Waals surface area (Å²) in [5.74, 6) is 0. The lowest BCUT2D eigenvalue weighted by Gasteiger charge is -2.32. The third-order valence-corrected chi connectivity index (χ3v) is 6.23. The Kier molecular flexibility index (Phi) is 3.95. The van der Waals surface area contributed by atoms with E-state index in [0.29, 0.717) is 0 Å². The Morgan fingerprint density at radius 1 is 1.04 bits per heavy atom. The monoisotopic (exact) mass is 338 g/mol. The second kappa shape index (κ2) is 5.59. The number of hydrogen-bond acceptors (Lipinski definition) is 3. The van der Waals surface area contributed by atoms with Crippen molar-refractivity contribution in [3.63, 3.8) is 0 Å². The van der Waals surface area contributed by atoms with Crippen LogP contribution < -0.4 is 4.90 Å². The maximum Gasteiger partial charge on any atom is 0.190 e. The number of allylic oxidation sites excluding steroid dienone is 3. The number of anilines is 2. The maximum atomic E-state index is 5.01. The fourth-order valence-corrected chi connectivity index (χ4v) is 4.28. The van der Waals surface area contributed by atoms with Crippen LogP contribution in [-0.4, -0.2) is 12.0 Å². The molecule has 2 nitrogen and oxygen atoms in total. The SMILES string of the molecule is C=C(C)c1ccc(N(C)c2nc3c(s2)C(C)(C)C=CC3(C)C)cc1. The molecule has 1 aromatic carbocycles. The van der Waals surface area contributed by atoms with Gasteiger partial charge in [-0.2, -0.15) is 0 Å². The quantitative estimate of drug-likeness (QED) is 0.631. The molecule has 0 saturated carbocycles. The smallest absolute Gasteiger partial charge is 0.190 e. The normalized spacial score (nSPS) is 17.4. The molecule has 0 unspecified atom stereocenters. The molecule has 24 heavy (non-hydrogen) atoms. The summed E-state index contributed by atoms with van der Waals surface area (Å²) in [6.07, 6.45) is 4.61. The molecule has 2 aromatic rings. The van der Waals surface area contributed by atoms with Gasteiger partial charge in [0.15, 0.2) is 5.13 Å². The van der Waals surface area contributed by atoms with E-state index in [1.54, 1.807) is 11.3 Å². The molecule has 0 spiro atoms. The first kappa shape index (κ1) is 17.0. The topological polar surface area (TPSA) is 16.1 Å². The van der Waals surface area contributed by atoms with Crippen LogP contribution in [0.15, 0.2) is 43.0 Å². The summed E-state index contributed by atoms with van der Waals surface area (Å²) in [4.78, 5) is 8.56. The molecule has 1 aromatic heterocycles. The van der Waals surface area contributed by atoms with Crippen molar-refractivity contribution in [2.24, 2.45) is 0 Å². The Labute approximate surface area is 149 Å². The molecule has 3 heteroatoms. The van der Waals surface area contributed by atoms with Crippen LogP contribution in [0.4, 0.5) is 10.8 Å². The number of nitrogens with zero attached hydrogens (tertiary/aromatic N) is 2. The summed E-state index contributed by atoms with van der Waals surface area (Å²) in [5.41, 5.74) is 4.66. The first-order valence-corrected chi connectivity index (χ1v) is 9.15. The summed E-state index contributed by atoms with van der Waals surface area (Å²) in [6, 6.07) is 8.52. The van der Waals surface area contributed by atoms with Gasteiger partial charge in [-0.05, 0) is 24.6 Å². The number of benzene rings is 1. The molecule has 1 heterocycles. The highest BCUT2D eigenvalue weighted by molar-refractivity contribution is 7.16. The van der Waals surface area contributed by atoms with E-state index >= 15 is 0 Å². The second-order valence-electron chi connectivity index (χ2n) is 7.84. The summed E-state index contributed by atoms with van der Waals surface area (Å²) in [6.45, 7) is 15.0. The predicted molar refractivity (Wildman–Crippen MR) is 107 cm³/mol. The van der Waals surface area contributed by atoms with Crippen LogP contribution >= 0.6 is 11.3 Å². The van der Waals surface area contributed by atoms with Gasteiger partial charge in [0.05, 0.1) is 5.69 Å². The Morgan fingerprint density at radius 2 is 1.62 bits per heavy atom. The van der Waals surface area contributed by atoms with Crippen molar-refractivity contribution in [1.82, 2.24) is 4.98 Å². The summed E-state index contributed by atoms with van der Waals surface area (Å²) in [5, 5.41) is 1.05. The first-order chi connectivity index (χ1) is 11.1. The van der Waals surface area contributed by atoms with Gasteiger partial charge < -0.3 is 4.90 Å². The minimum atomic E-state index is -0.00967. The highest BCUT2D eigenvalue weighted by Crippen LogP contribution is 2.46. The Morgan fingerprint density at radius 3 is 2.17 bits per heavy atom. The number of rotatable bonds is 3. The fourth-order valence-electron chi connectivity index (χ4n) is 2.98. The highest BCUT2D eigenvalue weighted by atomic mass is 32.1. The van der Waals surface area contributed by atoms with Gasteiger partial charge in [-0.3, -0.25) is 0 Å². The van der Waals surface area contributed by atoms with Gasteiger partial charge in [0.1, 0.15) is 0 Å². The van der Waals surface area contributed by atoms with Crippen molar-refractivity contribution in [2.45, 2.75) is 45.4 Å². The van der Waals surface area contributed by atoms with Crippen LogP contribution in [0.5, 0.6) is 0 Å². The van der Waals surface area contributed by atoms with Crippen LogP contribution in [0.1, 0.15) is 50.8 Å². The third-order valence-electron chi connectivity index (χ3n) is 4.76. The predicted octanol–water partition coefficient (Wildman–Crippen LogP) is 6.07. The summed E-state index contributed by atoms with van der Waals surface area (Å²) >= 11 is 1.80.